The normalized spacial score (nSPS) is 51.7. The first-order valence-corrected chi connectivity index (χ1v) is 13.7. The molecule has 6 fully saturated rings. The van der Waals surface area contributed by atoms with Crippen molar-refractivity contribution in [3.05, 3.63) is 24.3 Å². The molecule has 0 aromatic carbocycles. The summed E-state index contributed by atoms with van der Waals surface area (Å²) in [4.78, 5) is 29.8. The monoisotopic (exact) mass is 482 g/mol. The number of allylic oxidation sites excluding steroid dienone is 3. The molecular weight excluding hydrogens is 440 g/mol. The Morgan fingerprint density at radius 3 is 2.46 bits per heavy atom. The summed E-state index contributed by atoms with van der Waals surface area (Å²) < 4.78 is 6.89. The highest BCUT2D eigenvalue weighted by Gasteiger charge is 2.93. The molecule has 7 rings (SSSR count). The second kappa shape index (κ2) is 6.39. The average molecular weight is 483 g/mol. The number of rotatable bonds is 3. The average Bonchev–Trinajstić information content (AvgIpc) is 2.91. The molecule has 2 N–H and O–H groups in total. The number of carbonyl (C=O) groups excluding carboxylic acids is 2. The highest BCUT2D eigenvalue weighted by Crippen LogP contribution is 2.84. The molecule has 5 saturated carbocycles. The highest BCUT2D eigenvalue weighted by atomic mass is 16.7. The minimum atomic E-state index is -2.02. The maximum atomic E-state index is 15.1. The Hall–Kier alpha value is -1.30. The fourth-order valence-corrected chi connectivity index (χ4v) is 11.1. The Kier molecular flexibility index (Phi) is 4.39. The van der Waals surface area contributed by atoms with Gasteiger partial charge in [0.2, 0.25) is 11.6 Å². The van der Waals surface area contributed by atoms with Crippen LogP contribution in [0.3, 0.4) is 0 Å². The number of Topliss-reactive ketones (excluding diaryl/α,β-unsaturated/α-hetero) is 2. The van der Waals surface area contributed by atoms with Crippen molar-refractivity contribution >= 4 is 11.6 Å². The molecule has 7 aliphatic rings. The molecule has 35 heavy (non-hydrogen) atoms. The first kappa shape index (κ1) is 24.1. The third-order valence-electron chi connectivity index (χ3n) is 12.0. The van der Waals surface area contributed by atoms with E-state index in [4.69, 9.17) is 4.74 Å². The van der Waals surface area contributed by atoms with E-state index < -0.39 is 44.9 Å². The standard InChI is InChI=1S/C30H42O5/c1-8-18-14-19-21(25(6,7)33)29(17(2)3)22(31)26(15-18)13-10-20-24(4,5)11-9-12-27(20)16-28(19,26)30(34,35-27)23(29)32/h8,14,17,19-21,33-34H,1,9-13,15-16H2,2-7H3/t19?,20-,21?,26-,27-,28-,29?,30-/m0/s1. The highest BCUT2D eigenvalue weighted by molar-refractivity contribution is 6.18. The summed E-state index contributed by atoms with van der Waals surface area (Å²) >= 11 is 0. The summed E-state index contributed by atoms with van der Waals surface area (Å²) in [5.41, 5.74) is -4.41. The van der Waals surface area contributed by atoms with Crippen LogP contribution in [0.5, 0.6) is 0 Å². The van der Waals surface area contributed by atoms with Gasteiger partial charge in [-0.3, -0.25) is 9.59 Å². The van der Waals surface area contributed by atoms with Crippen LogP contribution in [0.1, 0.15) is 86.5 Å². The van der Waals surface area contributed by atoms with Crippen molar-refractivity contribution in [1.29, 1.82) is 0 Å². The van der Waals surface area contributed by atoms with Gasteiger partial charge in [0.25, 0.3) is 0 Å². The van der Waals surface area contributed by atoms with Crippen LogP contribution in [0.15, 0.2) is 24.3 Å². The van der Waals surface area contributed by atoms with Crippen LogP contribution in [0.2, 0.25) is 0 Å². The number of ketones is 2. The summed E-state index contributed by atoms with van der Waals surface area (Å²) in [5, 5.41) is 24.3. The van der Waals surface area contributed by atoms with Gasteiger partial charge in [-0.1, -0.05) is 58.4 Å². The first-order valence-electron chi connectivity index (χ1n) is 13.7. The molecule has 192 valence electrons. The van der Waals surface area contributed by atoms with Crippen LogP contribution >= 0.6 is 0 Å². The lowest BCUT2D eigenvalue weighted by atomic mass is 9.27. The zero-order valence-electron chi connectivity index (χ0n) is 22.2. The molecule has 5 bridgehead atoms. The van der Waals surface area contributed by atoms with Gasteiger partial charge in [0.05, 0.1) is 16.6 Å². The van der Waals surface area contributed by atoms with Crippen molar-refractivity contribution in [3.8, 4) is 0 Å². The van der Waals surface area contributed by atoms with Gasteiger partial charge in [-0.2, -0.15) is 0 Å². The van der Waals surface area contributed by atoms with Crippen LogP contribution in [0.4, 0.5) is 0 Å². The van der Waals surface area contributed by atoms with Crippen LogP contribution < -0.4 is 0 Å². The van der Waals surface area contributed by atoms with Gasteiger partial charge in [0.15, 0.2) is 5.78 Å². The molecule has 6 aliphatic carbocycles. The fraction of sp³-hybridized carbons (Fsp3) is 0.800. The Labute approximate surface area is 209 Å². The van der Waals surface area contributed by atoms with Gasteiger partial charge < -0.3 is 14.9 Å². The molecule has 0 aromatic heterocycles. The van der Waals surface area contributed by atoms with Crippen LogP contribution in [0.25, 0.3) is 0 Å². The Morgan fingerprint density at radius 2 is 1.86 bits per heavy atom. The second-order valence-electron chi connectivity index (χ2n) is 14.4. The van der Waals surface area contributed by atoms with Gasteiger partial charge in [-0.25, -0.2) is 0 Å². The van der Waals surface area contributed by atoms with E-state index in [1.54, 1.807) is 13.8 Å². The van der Waals surface area contributed by atoms with Crippen molar-refractivity contribution in [2.45, 2.75) is 103 Å². The zero-order chi connectivity index (χ0) is 25.6. The Balaban J connectivity index is 1.74. The predicted molar refractivity (Wildman–Crippen MR) is 132 cm³/mol. The molecule has 2 spiro atoms. The quantitative estimate of drug-likeness (QED) is 0.567. The number of hydrogen-bond donors (Lipinski definition) is 2. The summed E-state index contributed by atoms with van der Waals surface area (Å²) in [7, 11) is 0. The number of ether oxygens (including phenoxy) is 1. The lowest BCUT2D eigenvalue weighted by Crippen LogP contribution is -2.85. The van der Waals surface area contributed by atoms with E-state index >= 15 is 4.79 Å². The molecule has 1 aliphatic heterocycles. The summed E-state index contributed by atoms with van der Waals surface area (Å²) in [6, 6.07) is 0. The van der Waals surface area contributed by atoms with Crippen molar-refractivity contribution in [2.75, 3.05) is 0 Å². The zero-order valence-corrected chi connectivity index (χ0v) is 22.2. The van der Waals surface area contributed by atoms with Gasteiger partial charge in [0.1, 0.15) is 5.41 Å². The summed E-state index contributed by atoms with van der Waals surface area (Å²) in [6.45, 7) is 15.9. The lowest BCUT2D eigenvalue weighted by molar-refractivity contribution is -0.338. The predicted octanol–water partition coefficient (Wildman–Crippen LogP) is 4.75. The van der Waals surface area contributed by atoms with Crippen molar-refractivity contribution in [3.63, 3.8) is 0 Å². The maximum Gasteiger partial charge on any atom is 0.235 e. The molecule has 3 unspecified atom stereocenters. The molecule has 1 heterocycles. The van der Waals surface area contributed by atoms with Crippen LogP contribution in [0, 0.1) is 45.3 Å². The smallest absolute Gasteiger partial charge is 0.235 e. The van der Waals surface area contributed by atoms with Gasteiger partial charge in [0, 0.05) is 11.3 Å². The van der Waals surface area contributed by atoms with Crippen molar-refractivity contribution in [1.82, 2.24) is 0 Å². The van der Waals surface area contributed by atoms with E-state index in [0.717, 1.165) is 31.3 Å². The second-order valence-corrected chi connectivity index (χ2v) is 14.4. The molecule has 0 amide bonds. The van der Waals surface area contributed by atoms with Crippen molar-refractivity contribution < 1.29 is 24.5 Å². The minimum absolute atomic E-state index is 0.00625. The van der Waals surface area contributed by atoms with E-state index in [2.05, 4.69) is 26.5 Å². The van der Waals surface area contributed by atoms with Gasteiger partial charge in [-0.15, -0.1) is 0 Å². The number of aliphatic hydroxyl groups is 2. The van der Waals surface area contributed by atoms with Crippen molar-refractivity contribution in [2.24, 2.45) is 45.3 Å². The summed E-state index contributed by atoms with van der Waals surface area (Å²) in [5.74, 6) is -3.76. The molecule has 1 saturated heterocycles. The Bertz CT molecular complexity index is 1080. The maximum absolute atomic E-state index is 15.1. The largest absolute Gasteiger partial charge is 0.390 e. The van der Waals surface area contributed by atoms with E-state index in [1.807, 2.05) is 19.9 Å². The topological polar surface area (TPSA) is 83.8 Å². The first-order chi connectivity index (χ1) is 16.1. The third kappa shape index (κ3) is 2.22. The molecule has 0 aromatic rings. The third-order valence-corrected chi connectivity index (χ3v) is 12.0. The SMILES string of the molecule is C=CC1=CC2C(C(C)(C)O)C3(C(C)C)C(=O)[C@]4(CC[C@H]5C(C)(C)CCC[C@]56C[C@]24[C@@](O)(O6)C3=O)C1. The summed E-state index contributed by atoms with van der Waals surface area (Å²) in [6.07, 6.45) is 9.32. The fourth-order valence-electron chi connectivity index (χ4n) is 11.1. The molecule has 5 heteroatoms. The van der Waals surface area contributed by atoms with Crippen LogP contribution in [-0.4, -0.2) is 38.8 Å². The molecule has 5 nitrogen and oxygen atoms in total. The number of hydrogen-bond acceptors (Lipinski definition) is 5. The molecule has 0 radical (unpaired) electrons. The van der Waals surface area contributed by atoms with E-state index in [-0.39, 0.29) is 29.0 Å². The minimum Gasteiger partial charge on any atom is -0.390 e. The molecular formula is C30H42O5. The number of carbonyl (C=O) groups is 2. The van der Waals surface area contributed by atoms with E-state index in [1.165, 1.54) is 0 Å². The molecule has 8 atom stereocenters. The van der Waals surface area contributed by atoms with Gasteiger partial charge in [-0.05, 0) is 75.5 Å². The van der Waals surface area contributed by atoms with E-state index in [9.17, 15) is 15.0 Å². The van der Waals surface area contributed by atoms with E-state index in [0.29, 0.717) is 19.3 Å². The van der Waals surface area contributed by atoms with Gasteiger partial charge >= 0.3 is 0 Å². The van der Waals surface area contributed by atoms with Crippen LogP contribution in [-0.2, 0) is 14.3 Å². The lowest BCUT2D eigenvalue weighted by Gasteiger charge is -2.74. The Morgan fingerprint density at radius 1 is 1.17 bits per heavy atom.